The van der Waals surface area contributed by atoms with Crippen LogP contribution in [0.3, 0.4) is 0 Å². The summed E-state index contributed by atoms with van der Waals surface area (Å²) in [5, 5.41) is 11.5. The van der Waals surface area contributed by atoms with Crippen LogP contribution in [0.25, 0.3) is 11.0 Å². The maximum absolute atomic E-state index is 12.6. The molecule has 0 fully saturated rings. The van der Waals surface area contributed by atoms with Gasteiger partial charge in [0.25, 0.3) is 0 Å². The van der Waals surface area contributed by atoms with Gasteiger partial charge in [0, 0.05) is 18.0 Å². The highest BCUT2D eigenvalue weighted by Crippen LogP contribution is 2.17. The van der Waals surface area contributed by atoms with Crippen molar-refractivity contribution in [3.8, 4) is 0 Å². The molecule has 28 heavy (non-hydrogen) atoms. The summed E-state index contributed by atoms with van der Waals surface area (Å²) >= 11 is 1.29. The Morgan fingerprint density at radius 2 is 1.79 bits per heavy atom. The maximum Gasteiger partial charge on any atom is 0.329 e. The normalized spacial score (nSPS) is 10.9. The fraction of sp³-hybridized carbons (Fsp3) is 0.250. The number of para-hydroxylation sites is 2. The summed E-state index contributed by atoms with van der Waals surface area (Å²) in [5.41, 5.74) is 2.86. The van der Waals surface area contributed by atoms with Crippen LogP contribution < -0.4 is 11.0 Å². The average molecular weight is 399 g/mol. The summed E-state index contributed by atoms with van der Waals surface area (Å²) in [6.07, 6.45) is 0. The van der Waals surface area contributed by atoms with Crippen molar-refractivity contribution < 1.29 is 14.7 Å². The number of carbonyl (C=O) groups excluding carboxylic acids is 1. The molecule has 1 amide bonds. The lowest BCUT2D eigenvalue weighted by atomic mass is 10.2. The van der Waals surface area contributed by atoms with Crippen LogP contribution in [0.1, 0.15) is 12.5 Å². The number of aromatic nitrogens is 2. The number of aliphatic carboxylic acids is 1. The number of hydrogen-bond donors (Lipinski definition) is 2. The molecule has 0 radical (unpaired) electrons. The molecular formula is C20H21N3O4S. The van der Waals surface area contributed by atoms with Gasteiger partial charge in [0.2, 0.25) is 5.91 Å². The molecule has 0 bridgehead atoms. The van der Waals surface area contributed by atoms with Gasteiger partial charge in [-0.3, -0.25) is 18.7 Å². The molecule has 7 nitrogen and oxygen atoms in total. The van der Waals surface area contributed by atoms with E-state index in [-0.39, 0.29) is 23.9 Å². The van der Waals surface area contributed by atoms with Crippen LogP contribution >= 0.6 is 11.8 Å². The lowest BCUT2D eigenvalue weighted by Crippen LogP contribution is -2.29. The maximum atomic E-state index is 12.6. The van der Waals surface area contributed by atoms with Crippen LogP contribution in [0.15, 0.2) is 53.3 Å². The number of hydrogen-bond acceptors (Lipinski definition) is 4. The van der Waals surface area contributed by atoms with E-state index in [0.29, 0.717) is 18.0 Å². The summed E-state index contributed by atoms with van der Waals surface area (Å²) in [6, 6.07) is 14.7. The Labute approximate surface area is 166 Å². The molecule has 3 aromatic rings. The second-order valence-corrected chi connectivity index (χ2v) is 7.22. The molecule has 1 heterocycles. The van der Waals surface area contributed by atoms with Gasteiger partial charge >= 0.3 is 11.7 Å². The standard InChI is InChI=1S/C20H21N3O4S/c1-2-22-16-8-3-4-9-17(16)23(20(22)27)11-18(24)21-15-7-5-6-14(10-15)12-28-13-19(25)26/h3-10H,2,11-13H2,1H3,(H,21,24)(H,25,26). The minimum absolute atomic E-state index is 0.0288. The summed E-state index contributed by atoms with van der Waals surface area (Å²) in [7, 11) is 0. The van der Waals surface area contributed by atoms with E-state index in [0.717, 1.165) is 16.6 Å². The van der Waals surface area contributed by atoms with Crippen LogP contribution in [0.4, 0.5) is 5.69 Å². The second-order valence-electron chi connectivity index (χ2n) is 6.24. The molecule has 3 rings (SSSR count). The van der Waals surface area contributed by atoms with Crippen LogP contribution in [0.5, 0.6) is 0 Å². The first-order valence-corrected chi connectivity index (χ1v) is 10.0. The first-order valence-electron chi connectivity index (χ1n) is 8.86. The summed E-state index contributed by atoms with van der Waals surface area (Å²) < 4.78 is 3.11. The number of carbonyl (C=O) groups is 2. The molecule has 146 valence electrons. The van der Waals surface area contributed by atoms with Crippen LogP contribution in [-0.4, -0.2) is 31.9 Å². The zero-order valence-corrected chi connectivity index (χ0v) is 16.2. The number of aryl methyl sites for hydroxylation is 1. The van der Waals surface area contributed by atoms with Crippen LogP contribution in [0, 0.1) is 0 Å². The first kappa shape index (κ1) is 19.8. The van der Waals surface area contributed by atoms with Gasteiger partial charge in [-0.05, 0) is 36.8 Å². The SMILES string of the molecule is CCn1c(=O)n(CC(=O)Nc2cccc(CSCC(=O)O)c2)c2ccccc21. The van der Waals surface area contributed by atoms with Gasteiger partial charge in [-0.15, -0.1) is 11.8 Å². The Balaban J connectivity index is 1.73. The minimum Gasteiger partial charge on any atom is -0.481 e. The molecule has 0 atom stereocenters. The van der Waals surface area contributed by atoms with Gasteiger partial charge in [0.15, 0.2) is 0 Å². The molecule has 8 heteroatoms. The van der Waals surface area contributed by atoms with Gasteiger partial charge in [-0.25, -0.2) is 4.79 Å². The smallest absolute Gasteiger partial charge is 0.329 e. The molecule has 2 N–H and O–H groups in total. The van der Waals surface area contributed by atoms with Crippen molar-refractivity contribution in [1.82, 2.24) is 9.13 Å². The van der Waals surface area contributed by atoms with Crippen molar-refractivity contribution >= 4 is 40.4 Å². The Morgan fingerprint density at radius 1 is 1.07 bits per heavy atom. The molecule has 1 aromatic heterocycles. The third kappa shape index (κ3) is 4.45. The largest absolute Gasteiger partial charge is 0.481 e. The van der Waals surface area contributed by atoms with E-state index in [9.17, 15) is 14.4 Å². The molecular weight excluding hydrogens is 378 g/mol. The number of nitrogens with zero attached hydrogens (tertiary/aromatic N) is 2. The van der Waals surface area contributed by atoms with Crippen LogP contribution in [0.2, 0.25) is 0 Å². The van der Waals surface area contributed by atoms with E-state index in [1.165, 1.54) is 16.3 Å². The third-order valence-corrected chi connectivity index (χ3v) is 5.24. The van der Waals surface area contributed by atoms with Crippen molar-refractivity contribution in [3.05, 3.63) is 64.6 Å². The highest BCUT2D eigenvalue weighted by molar-refractivity contribution is 7.99. The first-order chi connectivity index (χ1) is 13.5. The Hall–Kier alpha value is -3.00. The number of benzene rings is 2. The Bertz CT molecular complexity index is 1070. The number of carboxylic acid groups (broad SMARTS) is 1. The van der Waals surface area contributed by atoms with Crippen molar-refractivity contribution in [2.75, 3.05) is 11.1 Å². The van der Waals surface area contributed by atoms with E-state index >= 15 is 0 Å². The third-order valence-electron chi connectivity index (χ3n) is 4.25. The van der Waals surface area contributed by atoms with Gasteiger partial charge in [0.05, 0.1) is 16.8 Å². The average Bonchev–Trinajstić information content (AvgIpc) is 2.93. The number of fused-ring (bicyclic) bond motifs is 1. The number of rotatable bonds is 8. The minimum atomic E-state index is -0.855. The van der Waals surface area contributed by atoms with E-state index in [1.807, 2.05) is 43.3 Å². The number of nitrogens with one attached hydrogen (secondary N) is 1. The predicted molar refractivity (Wildman–Crippen MR) is 111 cm³/mol. The van der Waals surface area contributed by atoms with Gasteiger partial charge in [-0.1, -0.05) is 24.3 Å². The monoisotopic (exact) mass is 399 g/mol. The van der Waals surface area contributed by atoms with Gasteiger partial charge in [0.1, 0.15) is 6.54 Å². The second kappa shape index (κ2) is 8.79. The summed E-state index contributed by atoms with van der Waals surface area (Å²) in [4.78, 5) is 35.8. The van der Waals surface area contributed by atoms with Crippen molar-refractivity contribution in [1.29, 1.82) is 0 Å². The fourth-order valence-electron chi connectivity index (χ4n) is 3.07. The van der Waals surface area contributed by atoms with E-state index in [1.54, 1.807) is 16.7 Å². The number of imidazole rings is 1. The molecule has 0 unspecified atom stereocenters. The quantitative estimate of drug-likeness (QED) is 0.608. The zero-order chi connectivity index (χ0) is 20.1. The summed E-state index contributed by atoms with van der Waals surface area (Å²) in [5.74, 6) is -0.580. The Kier molecular flexibility index (Phi) is 6.20. The molecule has 0 saturated heterocycles. The van der Waals surface area contributed by atoms with E-state index in [2.05, 4.69) is 5.32 Å². The number of carboxylic acids is 1. The fourth-order valence-corrected chi connectivity index (χ4v) is 3.76. The summed E-state index contributed by atoms with van der Waals surface area (Å²) in [6.45, 7) is 2.35. The predicted octanol–water partition coefficient (Wildman–Crippen LogP) is 2.78. The number of thioether (sulfide) groups is 1. The Morgan fingerprint density at radius 3 is 2.46 bits per heavy atom. The molecule has 0 saturated carbocycles. The number of anilines is 1. The topological polar surface area (TPSA) is 93.3 Å². The zero-order valence-electron chi connectivity index (χ0n) is 15.4. The van der Waals surface area contributed by atoms with Gasteiger partial charge < -0.3 is 10.4 Å². The van der Waals surface area contributed by atoms with Crippen LogP contribution in [-0.2, 0) is 28.4 Å². The lowest BCUT2D eigenvalue weighted by molar-refractivity contribution is -0.133. The highest BCUT2D eigenvalue weighted by atomic mass is 32.2. The highest BCUT2D eigenvalue weighted by Gasteiger charge is 2.14. The molecule has 0 aliphatic heterocycles. The molecule has 0 aliphatic rings. The number of amides is 1. The lowest BCUT2D eigenvalue weighted by Gasteiger charge is -2.08. The van der Waals surface area contributed by atoms with Crippen molar-refractivity contribution in [3.63, 3.8) is 0 Å². The van der Waals surface area contributed by atoms with Gasteiger partial charge in [-0.2, -0.15) is 0 Å². The van der Waals surface area contributed by atoms with Crippen molar-refractivity contribution in [2.45, 2.75) is 25.8 Å². The van der Waals surface area contributed by atoms with E-state index < -0.39 is 5.97 Å². The molecule has 0 spiro atoms. The van der Waals surface area contributed by atoms with E-state index in [4.69, 9.17) is 5.11 Å². The molecule has 2 aromatic carbocycles. The molecule has 0 aliphatic carbocycles. The van der Waals surface area contributed by atoms with Crippen molar-refractivity contribution in [2.24, 2.45) is 0 Å².